The molecule has 4 nitrogen and oxygen atoms in total. The summed E-state index contributed by atoms with van der Waals surface area (Å²) in [6.45, 7) is 0.796. The first-order valence-corrected chi connectivity index (χ1v) is 9.79. The van der Waals surface area contributed by atoms with Crippen LogP contribution >= 0.6 is 0 Å². The molecule has 28 heavy (non-hydrogen) atoms. The summed E-state index contributed by atoms with van der Waals surface area (Å²) < 4.78 is 13.4. The molecule has 1 saturated heterocycles. The molecule has 5 heteroatoms. The molecule has 2 fully saturated rings. The van der Waals surface area contributed by atoms with Crippen molar-refractivity contribution in [3.05, 3.63) is 59.9 Å². The maximum absolute atomic E-state index is 13.4. The number of amides is 2. The Hall–Kier alpha value is -2.69. The van der Waals surface area contributed by atoms with Gasteiger partial charge in [0.15, 0.2) is 0 Å². The highest BCUT2D eigenvalue weighted by Gasteiger charge is 2.42. The van der Waals surface area contributed by atoms with E-state index in [9.17, 15) is 14.0 Å². The van der Waals surface area contributed by atoms with Crippen LogP contribution in [0.15, 0.2) is 48.5 Å². The van der Waals surface area contributed by atoms with Crippen molar-refractivity contribution in [1.82, 2.24) is 9.80 Å². The van der Waals surface area contributed by atoms with E-state index in [-0.39, 0.29) is 23.7 Å². The quantitative estimate of drug-likeness (QED) is 0.812. The summed E-state index contributed by atoms with van der Waals surface area (Å²) in [7, 11) is 3.72. The Labute approximate surface area is 164 Å². The first-order valence-electron chi connectivity index (χ1n) is 9.79. The van der Waals surface area contributed by atoms with Crippen molar-refractivity contribution in [3.63, 3.8) is 0 Å². The van der Waals surface area contributed by atoms with Gasteiger partial charge in [-0.15, -0.1) is 0 Å². The molecule has 0 spiro atoms. The zero-order chi connectivity index (χ0) is 19.8. The fraction of sp³-hybridized carbons (Fsp3) is 0.391. The second-order valence-corrected chi connectivity index (χ2v) is 8.13. The van der Waals surface area contributed by atoms with Crippen molar-refractivity contribution in [3.8, 4) is 11.1 Å². The van der Waals surface area contributed by atoms with Gasteiger partial charge < -0.3 is 9.80 Å². The van der Waals surface area contributed by atoms with Gasteiger partial charge in [0.1, 0.15) is 5.82 Å². The van der Waals surface area contributed by atoms with E-state index in [0.29, 0.717) is 23.8 Å². The van der Waals surface area contributed by atoms with Gasteiger partial charge in [-0.05, 0) is 60.1 Å². The Morgan fingerprint density at radius 2 is 1.79 bits per heavy atom. The van der Waals surface area contributed by atoms with Crippen LogP contribution in [0, 0.1) is 17.7 Å². The first-order chi connectivity index (χ1) is 13.4. The van der Waals surface area contributed by atoms with Crippen LogP contribution in [0.3, 0.4) is 0 Å². The molecular weight excluding hydrogens is 355 g/mol. The van der Waals surface area contributed by atoms with Gasteiger partial charge in [-0.3, -0.25) is 9.59 Å². The molecule has 2 amide bonds. The van der Waals surface area contributed by atoms with Crippen LogP contribution in [0.25, 0.3) is 11.1 Å². The van der Waals surface area contributed by atoms with Gasteiger partial charge in [0, 0.05) is 38.7 Å². The van der Waals surface area contributed by atoms with E-state index in [1.165, 1.54) is 12.1 Å². The van der Waals surface area contributed by atoms with Gasteiger partial charge >= 0.3 is 0 Å². The molecule has 0 bridgehead atoms. The molecule has 4 rings (SSSR count). The number of hydrogen-bond acceptors (Lipinski definition) is 2. The molecular formula is C23H25FN2O2. The van der Waals surface area contributed by atoms with Crippen LogP contribution in [0.5, 0.6) is 0 Å². The predicted octanol–water partition coefficient (Wildman–Crippen LogP) is 3.82. The maximum atomic E-state index is 13.4. The largest absolute Gasteiger partial charge is 0.345 e. The molecule has 0 unspecified atom stereocenters. The number of hydrogen-bond donors (Lipinski definition) is 0. The third-order valence-corrected chi connectivity index (χ3v) is 6.35. The molecule has 0 N–H and O–H groups in total. The van der Waals surface area contributed by atoms with Crippen LogP contribution in [-0.2, 0) is 4.79 Å². The number of piperidine rings is 1. The normalized spacial score (nSPS) is 24.2. The number of halogens is 1. The van der Waals surface area contributed by atoms with Gasteiger partial charge in [-0.25, -0.2) is 4.39 Å². The Kier molecular flexibility index (Phi) is 4.92. The van der Waals surface area contributed by atoms with E-state index in [1.54, 1.807) is 18.2 Å². The van der Waals surface area contributed by atoms with Crippen LogP contribution in [0.1, 0.15) is 29.6 Å². The van der Waals surface area contributed by atoms with Crippen molar-refractivity contribution in [2.75, 3.05) is 20.6 Å². The Morgan fingerprint density at radius 1 is 1.07 bits per heavy atom. The highest BCUT2D eigenvalue weighted by molar-refractivity contribution is 5.94. The number of rotatable bonds is 3. The van der Waals surface area contributed by atoms with E-state index in [4.69, 9.17) is 0 Å². The molecule has 1 saturated carbocycles. The summed E-state index contributed by atoms with van der Waals surface area (Å²) in [6.07, 6.45) is 2.45. The number of likely N-dealkylation sites (tertiary alicyclic amines) is 1. The van der Waals surface area contributed by atoms with Crippen molar-refractivity contribution >= 4 is 11.8 Å². The topological polar surface area (TPSA) is 40.6 Å². The van der Waals surface area contributed by atoms with Gasteiger partial charge in [0.2, 0.25) is 5.91 Å². The summed E-state index contributed by atoms with van der Waals surface area (Å²) in [6, 6.07) is 13.9. The smallest absolute Gasteiger partial charge is 0.253 e. The Morgan fingerprint density at radius 3 is 2.50 bits per heavy atom. The summed E-state index contributed by atoms with van der Waals surface area (Å²) in [5.41, 5.74) is 2.30. The summed E-state index contributed by atoms with van der Waals surface area (Å²) >= 11 is 0. The molecule has 0 aromatic heterocycles. The minimum Gasteiger partial charge on any atom is -0.345 e. The summed E-state index contributed by atoms with van der Waals surface area (Å²) in [5, 5.41) is 0. The number of benzene rings is 2. The number of carbonyl (C=O) groups is 2. The lowest BCUT2D eigenvalue weighted by Crippen LogP contribution is -2.39. The first kappa shape index (κ1) is 18.7. The van der Waals surface area contributed by atoms with E-state index >= 15 is 0 Å². The Bertz CT molecular complexity index is 896. The molecule has 146 valence electrons. The van der Waals surface area contributed by atoms with Crippen molar-refractivity contribution in [2.45, 2.75) is 25.3 Å². The lowest BCUT2D eigenvalue weighted by Gasteiger charge is -2.31. The van der Waals surface area contributed by atoms with Gasteiger partial charge in [-0.2, -0.15) is 0 Å². The SMILES string of the molecule is CN1C[C@H]2C[C@@H](N(C)C(=O)c3ccc(-c4cccc(F)c4)cc3)C[C@H]2CC1=O. The average molecular weight is 380 g/mol. The number of carbonyl (C=O) groups excluding carboxylic acids is 2. The van der Waals surface area contributed by atoms with Gasteiger partial charge in [0.05, 0.1) is 0 Å². The molecule has 1 aliphatic heterocycles. The minimum atomic E-state index is -0.274. The van der Waals surface area contributed by atoms with E-state index in [2.05, 4.69) is 0 Å². The molecule has 0 radical (unpaired) electrons. The fourth-order valence-corrected chi connectivity index (χ4v) is 4.65. The van der Waals surface area contributed by atoms with Crippen molar-refractivity contribution in [2.24, 2.45) is 11.8 Å². The molecule has 2 aromatic rings. The van der Waals surface area contributed by atoms with E-state index in [0.717, 1.165) is 30.5 Å². The highest BCUT2D eigenvalue weighted by atomic mass is 19.1. The zero-order valence-corrected chi connectivity index (χ0v) is 16.3. The monoisotopic (exact) mass is 380 g/mol. The predicted molar refractivity (Wildman–Crippen MR) is 106 cm³/mol. The average Bonchev–Trinajstić information content (AvgIpc) is 3.10. The van der Waals surface area contributed by atoms with Crippen molar-refractivity contribution < 1.29 is 14.0 Å². The van der Waals surface area contributed by atoms with Gasteiger partial charge in [-0.1, -0.05) is 24.3 Å². The summed E-state index contributed by atoms with van der Waals surface area (Å²) in [4.78, 5) is 28.6. The Balaban J connectivity index is 1.45. The van der Waals surface area contributed by atoms with Crippen molar-refractivity contribution in [1.29, 1.82) is 0 Å². The lowest BCUT2D eigenvalue weighted by molar-refractivity contribution is -0.134. The molecule has 2 aliphatic rings. The highest BCUT2D eigenvalue weighted by Crippen LogP contribution is 2.40. The standard InChI is InChI=1S/C23H25FN2O2/c1-25-14-19-12-21(11-18(19)13-22(25)27)26(2)23(28)16-8-6-15(7-9-16)17-4-3-5-20(24)10-17/h3-10,18-19,21H,11-14H2,1-2H3/t18-,19+,21-/m0/s1. The third kappa shape index (κ3) is 3.53. The second kappa shape index (κ2) is 7.38. The van der Waals surface area contributed by atoms with Gasteiger partial charge in [0.25, 0.3) is 5.91 Å². The summed E-state index contributed by atoms with van der Waals surface area (Å²) in [5.74, 6) is 0.805. The van der Waals surface area contributed by atoms with Crippen LogP contribution in [-0.4, -0.2) is 48.3 Å². The number of fused-ring (bicyclic) bond motifs is 1. The minimum absolute atomic E-state index is 0.00544. The zero-order valence-electron chi connectivity index (χ0n) is 16.3. The van der Waals surface area contributed by atoms with Crippen LogP contribution in [0.2, 0.25) is 0 Å². The number of nitrogens with zero attached hydrogens (tertiary/aromatic N) is 2. The lowest BCUT2D eigenvalue weighted by atomic mass is 9.88. The van der Waals surface area contributed by atoms with Crippen LogP contribution < -0.4 is 0 Å². The van der Waals surface area contributed by atoms with E-state index < -0.39 is 0 Å². The molecule has 1 aliphatic carbocycles. The van der Waals surface area contributed by atoms with E-state index in [1.807, 2.05) is 42.1 Å². The fourth-order valence-electron chi connectivity index (χ4n) is 4.65. The third-order valence-electron chi connectivity index (χ3n) is 6.35. The maximum Gasteiger partial charge on any atom is 0.253 e. The second-order valence-electron chi connectivity index (χ2n) is 8.13. The molecule has 1 heterocycles. The molecule has 3 atom stereocenters. The molecule has 2 aromatic carbocycles. The van der Waals surface area contributed by atoms with Crippen LogP contribution in [0.4, 0.5) is 4.39 Å².